The number of carbonyl (C=O) groups is 1. The number of primary amides is 1. The van der Waals surface area contributed by atoms with Crippen LogP contribution in [0.2, 0.25) is 6.04 Å². The predicted molar refractivity (Wildman–Crippen MR) is 90.9 cm³/mol. The average Bonchev–Trinajstić information content (AvgIpc) is 2.59. The van der Waals surface area contributed by atoms with Crippen molar-refractivity contribution in [1.29, 1.82) is 0 Å². The lowest BCUT2D eigenvalue weighted by molar-refractivity contribution is 0.0215. The van der Waals surface area contributed by atoms with Gasteiger partial charge in [0.25, 0.3) is 0 Å². The van der Waals surface area contributed by atoms with Crippen LogP contribution in [-0.2, 0) is 27.5 Å². The van der Waals surface area contributed by atoms with Crippen molar-refractivity contribution >= 4 is 14.8 Å². The van der Waals surface area contributed by atoms with E-state index in [0.29, 0.717) is 58.6 Å². The first-order valence-electron chi connectivity index (χ1n) is 7.89. The monoisotopic (exact) mass is 368 g/mol. The van der Waals surface area contributed by atoms with Gasteiger partial charge in [-0.25, -0.2) is 4.79 Å². The Morgan fingerprint density at radius 3 is 1.92 bits per heavy atom. The summed E-state index contributed by atoms with van der Waals surface area (Å²) in [5.41, 5.74) is 5.39. The molecule has 0 aromatic heterocycles. The maximum Gasteiger partial charge on any atom is 0.500 e. The van der Waals surface area contributed by atoms with Gasteiger partial charge in [-0.1, -0.05) is 0 Å². The average molecular weight is 369 g/mol. The number of nitrogens with zero attached hydrogens (tertiary/aromatic N) is 1. The quantitative estimate of drug-likeness (QED) is 0.309. The summed E-state index contributed by atoms with van der Waals surface area (Å²) < 4.78 is 31.6. The van der Waals surface area contributed by atoms with Crippen LogP contribution >= 0.6 is 0 Å². The summed E-state index contributed by atoms with van der Waals surface area (Å²) >= 11 is 0. The number of rotatable bonds is 16. The first kappa shape index (κ1) is 23.2. The number of carbonyl (C=O) groups excluding carboxylic acids is 1. The van der Waals surface area contributed by atoms with Gasteiger partial charge < -0.3 is 38.1 Å². The minimum absolute atomic E-state index is 0.401. The van der Waals surface area contributed by atoms with Gasteiger partial charge >= 0.3 is 14.8 Å². The second-order valence-electron chi connectivity index (χ2n) is 4.94. The molecule has 0 aromatic rings. The smallest absolute Gasteiger partial charge is 0.382 e. The maximum atomic E-state index is 11.5. The summed E-state index contributed by atoms with van der Waals surface area (Å²) in [5.74, 6) is 0. The van der Waals surface area contributed by atoms with Crippen LogP contribution in [0.25, 0.3) is 0 Å². The Kier molecular flexibility index (Phi) is 14.1. The van der Waals surface area contributed by atoms with Crippen LogP contribution in [0.1, 0.15) is 6.42 Å². The van der Waals surface area contributed by atoms with Gasteiger partial charge in [-0.2, -0.15) is 0 Å². The third-order valence-corrected chi connectivity index (χ3v) is 6.30. The van der Waals surface area contributed by atoms with E-state index in [4.69, 9.17) is 33.2 Å². The van der Waals surface area contributed by atoms with Crippen molar-refractivity contribution in [2.24, 2.45) is 5.73 Å². The molecular formula is C14H32N2O7Si. The third kappa shape index (κ3) is 10.2. The van der Waals surface area contributed by atoms with Crippen molar-refractivity contribution in [3.63, 3.8) is 0 Å². The van der Waals surface area contributed by atoms with Crippen LogP contribution < -0.4 is 5.73 Å². The minimum atomic E-state index is -2.62. The highest BCUT2D eigenvalue weighted by molar-refractivity contribution is 6.60. The highest BCUT2D eigenvalue weighted by Gasteiger charge is 2.37. The molecule has 0 rings (SSSR count). The number of ether oxygens (including phenoxy) is 3. The zero-order chi connectivity index (χ0) is 18.3. The lowest BCUT2D eigenvalue weighted by atomic mass is 10.4. The van der Waals surface area contributed by atoms with Gasteiger partial charge in [-0.15, -0.1) is 0 Å². The Labute approximate surface area is 145 Å². The van der Waals surface area contributed by atoms with E-state index in [9.17, 15) is 4.79 Å². The number of hydrogen-bond acceptors (Lipinski definition) is 7. The second-order valence-corrected chi connectivity index (χ2v) is 8.03. The summed E-state index contributed by atoms with van der Waals surface area (Å²) in [6, 6.07) is 0.128. The first-order chi connectivity index (χ1) is 11.5. The molecule has 0 radical (unpaired) electrons. The van der Waals surface area contributed by atoms with E-state index in [0.717, 1.165) is 0 Å². The molecule has 9 nitrogen and oxygen atoms in total. The summed E-state index contributed by atoms with van der Waals surface area (Å²) in [6.45, 7) is 3.37. The summed E-state index contributed by atoms with van der Waals surface area (Å²) in [6.07, 6.45) is 0.671. The summed E-state index contributed by atoms with van der Waals surface area (Å²) in [5, 5.41) is 0. The lowest BCUT2D eigenvalue weighted by Gasteiger charge is -2.26. The zero-order valence-corrected chi connectivity index (χ0v) is 16.2. The molecule has 0 aromatic carbocycles. The fraction of sp³-hybridized carbons (Fsp3) is 0.929. The molecule has 0 saturated carbocycles. The van der Waals surface area contributed by atoms with E-state index < -0.39 is 14.8 Å². The van der Waals surface area contributed by atoms with Gasteiger partial charge in [0.2, 0.25) is 0 Å². The molecule has 2 N–H and O–H groups in total. The van der Waals surface area contributed by atoms with E-state index in [2.05, 4.69) is 0 Å². The Morgan fingerprint density at radius 2 is 1.42 bits per heavy atom. The van der Waals surface area contributed by atoms with E-state index in [1.165, 1.54) is 4.90 Å². The van der Waals surface area contributed by atoms with Gasteiger partial charge in [0.05, 0.1) is 33.0 Å². The summed E-state index contributed by atoms with van der Waals surface area (Å²) in [7, 11) is 3.70. The maximum absolute atomic E-state index is 11.5. The first-order valence-corrected chi connectivity index (χ1v) is 9.82. The van der Waals surface area contributed by atoms with Gasteiger partial charge in [-0.05, 0) is 6.42 Å². The van der Waals surface area contributed by atoms with Crippen LogP contribution in [0, 0.1) is 0 Å². The molecule has 0 aliphatic rings. The van der Waals surface area contributed by atoms with Crippen molar-refractivity contribution in [3.8, 4) is 0 Å². The Hall–Kier alpha value is -0.753. The Bertz CT molecular complexity index is 311. The molecule has 0 atom stereocenters. The number of hydrogen-bond donors (Lipinski definition) is 1. The molecule has 0 aliphatic carbocycles. The highest BCUT2D eigenvalue weighted by Crippen LogP contribution is 2.15. The Balaban J connectivity index is 3.92. The largest absolute Gasteiger partial charge is 0.500 e. The molecular weight excluding hydrogens is 336 g/mol. The van der Waals surface area contributed by atoms with Gasteiger partial charge in [0, 0.05) is 47.6 Å². The van der Waals surface area contributed by atoms with Crippen molar-refractivity contribution < 1.29 is 32.3 Å². The van der Waals surface area contributed by atoms with E-state index in [1.54, 1.807) is 28.4 Å². The standard InChI is InChI=1S/C14H32N2O7Si/c1-18-9-10-23-12-11-22-8-7-16(14(15)17)6-5-13-24(19-2,20-3)21-4/h5-13H2,1-4H3,(H2,15,17). The van der Waals surface area contributed by atoms with E-state index >= 15 is 0 Å². The van der Waals surface area contributed by atoms with Crippen molar-refractivity contribution in [1.82, 2.24) is 4.90 Å². The van der Waals surface area contributed by atoms with Crippen LogP contribution in [0.4, 0.5) is 4.79 Å². The highest BCUT2D eigenvalue weighted by atomic mass is 28.4. The normalized spacial score (nSPS) is 11.7. The van der Waals surface area contributed by atoms with E-state index in [-0.39, 0.29) is 0 Å². The molecule has 0 fully saturated rings. The van der Waals surface area contributed by atoms with Crippen molar-refractivity contribution in [2.45, 2.75) is 12.5 Å². The molecule has 0 unspecified atom stereocenters. The summed E-state index contributed by atoms with van der Waals surface area (Å²) in [4.78, 5) is 13.0. The molecule has 2 amide bonds. The fourth-order valence-corrected chi connectivity index (χ4v) is 3.72. The van der Waals surface area contributed by atoms with Crippen LogP contribution in [0.5, 0.6) is 0 Å². The van der Waals surface area contributed by atoms with Gasteiger partial charge in [0.1, 0.15) is 0 Å². The fourth-order valence-electron chi connectivity index (χ4n) is 2.01. The molecule has 10 heteroatoms. The Morgan fingerprint density at radius 1 is 0.875 bits per heavy atom. The third-order valence-electron chi connectivity index (χ3n) is 3.47. The number of amides is 2. The SMILES string of the molecule is COCCOCCOCCN(CCC[Si](OC)(OC)OC)C(N)=O. The van der Waals surface area contributed by atoms with Crippen LogP contribution in [0.15, 0.2) is 0 Å². The number of urea groups is 1. The minimum Gasteiger partial charge on any atom is -0.382 e. The van der Waals surface area contributed by atoms with E-state index in [1.807, 2.05) is 0 Å². The molecule has 0 heterocycles. The molecule has 0 saturated heterocycles. The molecule has 24 heavy (non-hydrogen) atoms. The molecule has 0 aliphatic heterocycles. The second kappa shape index (κ2) is 14.6. The lowest BCUT2D eigenvalue weighted by Crippen LogP contribution is -2.44. The topological polar surface area (TPSA) is 102 Å². The number of nitrogens with two attached hydrogens (primary N) is 1. The van der Waals surface area contributed by atoms with Crippen LogP contribution in [-0.4, -0.2) is 94.3 Å². The number of methoxy groups -OCH3 is 1. The van der Waals surface area contributed by atoms with Crippen molar-refractivity contribution in [3.05, 3.63) is 0 Å². The van der Waals surface area contributed by atoms with Gasteiger partial charge in [0.15, 0.2) is 0 Å². The zero-order valence-electron chi connectivity index (χ0n) is 15.2. The molecule has 0 bridgehead atoms. The predicted octanol–water partition coefficient (Wildman–Crippen LogP) is 0.315. The van der Waals surface area contributed by atoms with Gasteiger partial charge in [-0.3, -0.25) is 0 Å². The molecule has 144 valence electrons. The van der Waals surface area contributed by atoms with Crippen molar-refractivity contribution in [2.75, 3.05) is 74.6 Å². The molecule has 0 spiro atoms. The van der Waals surface area contributed by atoms with Crippen LogP contribution in [0.3, 0.4) is 0 Å².